The molecular formula is C12H19N. The minimum atomic E-state index is 1.05. The zero-order chi connectivity index (χ0) is 10.3. The van der Waals surface area contributed by atoms with E-state index in [0.29, 0.717) is 0 Å². The molecular weight excluding hydrogens is 158 g/mol. The van der Waals surface area contributed by atoms with Crippen molar-refractivity contribution in [1.82, 2.24) is 5.32 Å². The highest BCUT2D eigenvalue weighted by Crippen LogP contribution is 1.99. The van der Waals surface area contributed by atoms with Crippen molar-refractivity contribution >= 4 is 0 Å². The first-order valence-electron chi connectivity index (χ1n) is 4.42. The largest absolute Gasteiger partial charge is 0.388 e. The molecule has 0 atom stereocenters. The van der Waals surface area contributed by atoms with E-state index in [-0.39, 0.29) is 0 Å². The van der Waals surface area contributed by atoms with E-state index in [0.717, 1.165) is 11.3 Å². The fraction of sp³-hybridized carbons (Fsp3) is 0.333. The van der Waals surface area contributed by atoms with Crippen LogP contribution < -0.4 is 5.32 Å². The molecule has 0 saturated carbocycles. The van der Waals surface area contributed by atoms with Crippen molar-refractivity contribution in [3.05, 3.63) is 47.7 Å². The van der Waals surface area contributed by atoms with Crippen LogP contribution in [0.15, 0.2) is 47.7 Å². The summed E-state index contributed by atoms with van der Waals surface area (Å²) in [5.41, 5.74) is 3.42. The fourth-order valence-electron chi connectivity index (χ4n) is 0.813. The first kappa shape index (κ1) is 11.8. The molecule has 0 aromatic rings. The molecule has 0 heterocycles. The number of allylic oxidation sites excluding steroid dienone is 6. The van der Waals surface area contributed by atoms with Gasteiger partial charge in [0.15, 0.2) is 0 Å². The summed E-state index contributed by atoms with van der Waals surface area (Å²) in [6.07, 6.45) is 8.14. The molecule has 0 spiro atoms. The summed E-state index contributed by atoms with van der Waals surface area (Å²) in [7, 11) is 1.90. The Balaban J connectivity index is 4.38. The van der Waals surface area contributed by atoms with Crippen LogP contribution in [-0.4, -0.2) is 7.05 Å². The van der Waals surface area contributed by atoms with Gasteiger partial charge in [0.05, 0.1) is 0 Å². The molecule has 0 aliphatic rings. The van der Waals surface area contributed by atoms with Gasteiger partial charge in [-0.1, -0.05) is 29.9 Å². The van der Waals surface area contributed by atoms with Crippen molar-refractivity contribution < 1.29 is 0 Å². The van der Waals surface area contributed by atoms with Gasteiger partial charge in [-0.25, -0.2) is 0 Å². The van der Waals surface area contributed by atoms with Crippen molar-refractivity contribution in [3.63, 3.8) is 0 Å². The zero-order valence-corrected chi connectivity index (χ0v) is 9.02. The second-order valence-corrected chi connectivity index (χ2v) is 3.30. The lowest BCUT2D eigenvalue weighted by Crippen LogP contribution is -2.02. The van der Waals surface area contributed by atoms with Crippen molar-refractivity contribution in [1.29, 1.82) is 0 Å². The maximum absolute atomic E-state index is 3.82. The Labute approximate surface area is 81.5 Å². The van der Waals surface area contributed by atoms with Crippen LogP contribution in [0.4, 0.5) is 0 Å². The molecule has 1 heteroatoms. The first-order chi connectivity index (χ1) is 6.06. The predicted molar refractivity (Wildman–Crippen MR) is 60.5 cm³/mol. The van der Waals surface area contributed by atoms with Crippen LogP contribution in [-0.2, 0) is 0 Å². The molecule has 0 rings (SSSR count). The van der Waals surface area contributed by atoms with Crippen LogP contribution in [0.5, 0.6) is 0 Å². The van der Waals surface area contributed by atoms with E-state index in [1.807, 2.05) is 32.2 Å². The molecule has 1 N–H and O–H groups in total. The van der Waals surface area contributed by atoms with Crippen LogP contribution >= 0.6 is 0 Å². The van der Waals surface area contributed by atoms with Gasteiger partial charge < -0.3 is 5.32 Å². The molecule has 0 bridgehead atoms. The van der Waals surface area contributed by atoms with Gasteiger partial charge in [0.2, 0.25) is 0 Å². The van der Waals surface area contributed by atoms with Gasteiger partial charge in [0, 0.05) is 12.7 Å². The second kappa shape index (κ2) is 6.30. The zero-order valence-electron chi connectivity index (χ0n) is 9.02. The SMILES string of the molecule is C=C(C)/C=C(\C=C/C=C(C)C)NC. The average Bonchev–Trinajstić information content (AvgIpc) is 2.01. The van der Waals surface area contributed by atoms with Crippen LogP contribution in [0.3, 0.4) is 0 Å². The number of likely N-dealkylation sites (N-methyl/N-ethyl adjacent to an activating group) is 1. The van der Waals surface area contributed by atoms with Gasteiger partial charge in [0.1, 0.15) is 0 Å². The number of nitrogens with one attached hydrogen (secondary N) is 1. The quantitative estimate of drug-likeness (QED) is 0.650. The summed E-state index contributed by atoms with van der Waals surface area (Å²) < 4.78 is 0. The van der Waals surface area contributed by atoms with Gasteiger partial charge in [-0.05, 0) is 32.9 Å². The third-order valence-electron chi connectivity index (χ3n) is 1.40. The predicted octanol–water partition coefficient (Wildman–Crippen LogP) is 3.19. The molecule has 0 unspecified atom stereocenters. The summed E-state index contributed by atoms with van der Waals surface area (Å²) in [6.45, 7) is 9.95. The second-order valence-electron chi connectivity index (χ2n) is 3.30. The van der Waals surface area contributed by atoms with E-state index in [1.165, 1.54) is 5.57 Å². The van der Waals surface area contributed by atoms with E-state index in [4.69, 9.17) is 0 Å². The lowest BCUT2D eigenvalue weighted by Gasteiger charge is -1.99. The number of rotatable bonds is 4. The Morgan fingerprint density at radius 2 is 1.85 bits per heavy atom. The third-order valence-corrected chi connectivity index (χ3v) is 1.40. The van der Waals surface area contributed by atoms with E-state index in [9.17, 15) is 0 Å². The fourth-order valence-corrected chi connectivity index (χ4v) is 0.813. The van der Waals surface area contributed by atoms with E-state index < -0.39 is 0 Å². The van der Waals surface area contributed by atoms with Crippen LogP contribution in [0, 0.1) is 0 Å². The van der Waals surface area contributed by atoms with Crippen LogP contribution in [0.2, 0.25) is 0 Å². The summed E-state index contributed by atoms with van der Waals surface area (Å²) in [5, 5.41) is 3.09. The number of hydrogen-bond donors (Lipinski definition) is 1. The molecule has 0 aliphatic heterocycles. The van der Waals surface area contributed by atoms with Gasteiger partial charge in [0.25, 0.3) is 0 Å². The maximum Gasteiger partial charge on any atom is 0.0339 e. The summed E-state index contributed by atoms with van der Waals surface area (Å²) in [5.74, 6) is 0. The molecule has 13 heavy (non-hydrogen) atoms. The molecule has 0 aliphatic carbocycles. The molecule has 0 aromatic heterocycles. The van der Waals surface area contributed by atoms with Crippen molar-refractivity contribution in [3.8, 4) is 0 Å². The van der Waals surface area contributed by atoms with Crippen molar-refractivity contribution in [2.45, 2.75) is 20.8 Å². The molecule has 0 fully saturated rings. The van der Waals surface area contributed by atoms with Gasteiger partial charge in [-0.15, -0.1) is 0 Å². The Kier molecular flexibility index (Phi) is 5.69. The third kappa shape index (κ3) is 7.13. The summed E-state index contributed by atoms with van der Waals surface area (Å²) in [4.78, 5) is 0. The lowest BCUT2D eigenvalue weighted by molar-refractivity contribution is 1.03. The van der Waals surface area contributed by atoms with Crippen LogP contribution in [0.1, 0.15) is 20.8 Å². The van der Waals surface area contributed by atoms with Crippen molar-refractivity contribution in [2.75, 3.05) is 7.05 Å². The van der Waals surface area contributed by atoms with Gasteiger partial charge in [-0.2, -0.15) is 0 Å². The normalized spacial score (nSPS) is 11.5. The molecule has 1 nitrogen and oxygen atoms in total. The molecule has 72 valence electrons. The minimum Gasteiger partial charge on any atom is -0.388 e. The smallest absolute Gasteiger partial charge is 0.0339 e. The minimum absolute atomic E-state index is 1.05. The molecule has 0 saturated heterocycles. The van der Waals surface area contributed by atoms with E-state index in [1.54, 1.807) is 0 Å². The topological polar surface area (TPSA) is 12.0 Å². The first-order valence-corrected chi connectivity index (χ1v) is 4.42. The van der Waals surface area contributed by atoms with Crippen LogP contribution in [0.25, 0.3) is 0 Å². The average molecular weight is 177 g/mol. The number of hydrogen-bond acceptors (Lipinski definition) is 1. The maximum atomic E-state index is 3.82. The van der Waals surface area contributed by atoms with Gasteiger partial charge >= 0.3 is 0 Å². The Morgan fingerprint density at radius 1 is 1.23 bits per heavy atom. The summed E-state index contributed by atoms with van der Waals surface area (Å²) >= 11 is 0. The summed E-state index contributed by atoms with van der Waals surface area (Å²) in [6, 6.07) is 0. The van der Waals surface area contributed by atoms with E-state index in [2.05, 4.69) is 31.8 Å². The molecule has 0 aromatic carbocycles. The Morgan fingerprint density at radius 3 is 2.23 bits per heavy atom. The highest BCUT2D eigenvalue weighted by molar-refractivity contribution is 5.28. The Bertz CT molecular complexity index is 250. The molecule has 0 radical (unpaired) electrons. The monoisotopic (exact) mass is 177 g/mol. The van der Waals surface area contributed by atoms with E-state index >= 15 is 0 Å². The van der Waals surface area contributed by atoms with Gasteiger partial charge in [-0.3, -0.25) is 0 Å². The highest BCUT2D eigenvalue weighted by atomic mass is 14.8. The van der Waals surface area contributed by atoms with Crippen molar-refractivity contribution in [2.24, 2.45) is 0 Å². The highest BCUT2D eigenvalue weighted by Gasteiger charge is 1.85. The lowest BCUT2D eigenvalue weighted by atomic mass is 10.2. The standard InChI is InChI=1S/C12H19N/c1-10(2)7-6-8-12(13-5)9-11(3)4/h6-9,13H,3H2,1-2,4-5H3/b8-6-,12-9+. The molecule has 0 amide bonds. The Hall–Kier alpha value is -1.24.